The fourth-order valence-electron chi connectivity index (χ4n) is 3.48. The Morgan fingerprint density at radius 2 is 1.66 bits per heavy atom. The van der Waals surface area contributed by atoms with Gasteiger partial charge in [-0.2, -0.15) is 0 Å². The van der Waals surface area contributed by atoms with Crippen LogP contribution in [0.1, 0.15) is 26.3 Å². The highest BCUT2D eigenvalue weighted by Gasteiger charge is 2.15. The van der Waals surface area contributed by atoms with Gasteiger partial charge in [0.2, 0.25) is 11.2 Å². The number of methoxy groups -OCH3 is 1. The topological polar surface area (TPSA) is 87.0 Å². The molecular formula is C28H27NO6. The van der Waals surface area contributed by atoms with Crippen LogP contribution in [0.3, 0.4) is 0 Å². The second kappa shape index (κ2) is 9.93. The molecule has 1 aromatic heterocycles. The van der Waals surface area contributed by atoms with E-state index < -0.39 is 0 Å². The summed E-state index contributed by atoms with van der Waals surface area (Å²) in [5.74, 6) is 1.23. The highest BCUT2D eigenvalue weighted by Crippen LogP contribution is 2.28. The van der Waals surface area contributed by atoms with Crippen LogP contribution in [0.4, 0.5) is 5.69 Å². The highest BCUT2D eigenvalue weighted by molar-refractivity contribution is 5.93. The second-order valence-corrected chi connectivity index (χ2v) is 9.00. The molecule has 7 nitrogen and oxygen atoms in total. The largest absolute Gasteiger partial charge is 0.495 e. The van der Waals surface area contributed by atoms with Crippen molar-refractivity contribution in [2.45, 2.75) is 26.2 Å². The average molecular weight is 474 g/mol. The number of hydrogen-bond donors (Lipinski definition) is 1. The summed E-state index contributed by atoms with van der Waals surface area (Å²) in [6.07, 6.45) is 1.28. The van der Waals surface area contributed by atoms with Crippen molar-refractivity contribution in [3.05, 3.63) is 88.8 Å². The minimum Gasteiger partial charge on any atom is -0.495 e. The van der Waals surface area contributed by atoms with Crippen LogP contribution in [0, 0.1) is 0 Å². The summed E-state index contributed by atoms with van der Waals surface area (Å²) in [6.45, 7) is 6.17. The Bertz CT molecular complexity index is 1400. The third-order valence-electron chi connectivity index (χ3n) is 5.41. The van der Waals surface area contributed by atoms with Crippen molar-refractivity contribution >= 4 is 22.6 Å². The summed E-state index contributed by atoms with van der Waals surface area (Å²) in [7, 11) is 1.53. The molecule has 0 aliphatic carbocycles. The molecule has 0 aliphatic heterocycles. The first kappa shape index (κ1) is 23.9. The zero-order valence-electron chi connectivity index (χ0n) is 20.1. The Labute approximate surface area is 203 Å². The quantitative estimate of drug-likeness (QED) is 0.359. The smallest absolute Gasteiger partial charge is 0.262 e. The number of hydrogen-bond acceptors (Lipinski definition) is 6. The van der Waals surface area contributed by atoms with Crippen LogP contribution in [0.2, 0.25) is 0 Å². The Balaban J connectivity index is 1.44. The van der Waals surface area contributed by atoms with E-state index in [4.69, 9.17) is 18.6 Å². The molecule has 0 spiro atoms. The van der Waals surface area contributed by atoms with Gasteiger partial charge in [-0.1, -0.05) is 45.0 Å². The third kappa shape index (κ3) is 5.63. The molecule has 7 heteroatoms. The van der Waals surface area contributed by atoms with Crippen molar-refractivity contribution in [1.29, 1.82) is 0 Å². The van der Waals surface area contributed by atoms with Gasteiger partial charge in [-0.05, 0) is 47.4 Å². The zero-order valence-corrected chi connectivity index (χ0v) is 20.1. The number of para-hydroxylation sites is 2. The van der Waals surface area contributed by atoms with Gasteiger partial charge in [-0.3, -0.25) is 9.59 Å². The molecule has 180 valence electrons. The minimum atomic E-state index is -0.350. The minimum absolute atomic E-state index is 0.0232. The van der Waals surface area contributed by atoms with E-state index in [1.165, 1.54) is 18.9 Å². The van der Waals surface area contributed by atoms with E-state index in [9.17, 15) is 9.59 Å². The summed E-state index contributed by atoms with van der Waals surface area (Å²) < 4.78 is 22.2. The molecule has 0 atom stereocenters. The van der Waals surface area contributed by atoms with E-state index in [1.807, 2.05) is 30.3 Å². The van der Waals surface area contributed by atoms with Crippen LogP contribution in [0.5, 0.6) is 23.0 Å². The van der Waals surface area contributed by atoms with Gasteiger partial charge in [0.15, 0.2) is 6.61 Å². The third-order valence-corrected chi connectivity index (χ3v) is 5.41. The molecule has 35 heavy (non-hydrogen) atoms. The molecule has 0 unspecified atom stereocenters. The highest BCUT2D eigenvalue weighted by atomic mass is 16.5. The number of fused-ring (bicyclic) bond motifs is 1. The van der Waals surface area contributed by atoms with E-state index in [1.54, 1.807) is 36.4 Å². The lowest BCUT2D eigenvalue weighted by molar-refractivity contribution is -0.118. The molecule has 0 fully saturated rings. The number of anilines is 1. The maximum absolute atomic E-state index is 12.9. The number of amides is 1. The standard InChI is InChI=1S/C28H27NO6/c1-28(2,3)18-9-11-19(12-10-18)35-25-16-34-24-15-20(13-14-21(24)27(25)31)33-17-26(30)29-22-7-5-6-8-23(22)32-4/h5-16H,17H2,1-4H3,(H,29,30). The van der Waals surface area contributed by atoms with E-state index in [0.717, 1.165) is 0 Å². The van der Waals surface area contributed by atoms with E-state index in [2.05, 4.69) is 26.1 Å². The molecule has 4 aromatic rings. The number of carbonyl (C=O) groups is 1. The van der Waals surface area contributed by atoms with Gasteiger partial charge in [0.05, 0.1) is 18.2 Å². The Morgan fingerprint density at radius 3 is 2.37 bits per heavy atom. The van der Waals surface area contributed by atoms with Gasteiger partial charge in [0.25, 0.3) is 5.91 Å². The molecule has 0 radical (unpaired) electrons. The van der Waals surface area contributed by atoms with Gasteiger partial charge in [-0.25, -0.2) is 0 Å². The number of ether oxygens (including phenoxy) is 3. The Morgan fingerprint density at radius 1 is 0.943 bits per heavy atom. The normalized spacial score (nSPS) is 11.2. The predicted octanol–water partition coefficient (Wildman–Crippen LogP) is 5.91. The van der Waals surface area contributed by atoms with Crippen molar-refractivity contribution in [2.24, 2.45) is 0 Å². The van der Waals surface area contributed by atoms with Gasteiger partial charge in [0.1, 0.15) is 29.1 Å². The number of nitrogens with one attached hydrogen (secondary N) is 1. The van der Waals surface area contributed by atoms with Crippen LogP contribution in [0.25, 0.3) is 11.0 Å². The maximum Gasteiger partial charge on any atom is 0.262 e. The molecule has 1 amide bonds. The molecule has 0 saturated heterocycles. The van der Waals surface area contributed by atoms with Gasteiger partial charge >= 0.3 is 0 Å². The van der Waals surface area contributed by atoms with Gasteiger partial charge in [0, 0.05) is 6.07 Å². The summed E-state index contributed by atoms with van der Waals surface area (Å²) in [5.41, 5.74) is 1.77. The van der Waals surface area contributed by atoms with Gasteiger partial charge in [-0.15, -0.1) is 0 Å². The monoisotopic (exact) mass is 473 g/mol. The fraction of sp³-hybridized carbons (Fsp3) is 0.214. The van der Waals surface area contributed by atoms with Crippen molar-refractivity contribution in [2.75, 3.05) is 19.0 Å². The first-order valence-corrected chi connectivity index (χ1v) is 11.1. The number of rotatable bonds is 7. The van der Waals surface area contributed by atoms with Crippen molar-refractivity contribution in [3.63, 3.8) is 0 Å². The maximum atomic E-state index is 12.9. The average Bonchev–Trinajstić information content (AvgIpc) is 2.84. The predicted molar refractivity (Wildman–Crippen MR) is 135 cm³/mol. The molecule has 4 rings (SSSR count). The lowest BCUT2D eigenvalue weighted by Crippen LogP contribution is -2.20. The zero-order chi connectivity index (χ0) is 25.0. The number of benzene rings is 3. The van der Waals surface area contributed by atoms with Crippen molar-refractivity contribution in [3.8, 4) is 23.0 Å². The summed E-state index contributed by atoms with van der Waals surface area (Å²) in [6, 6.07) is 19.5. The Hall–Kier alpha value is -4.26. The lowest BCUT2D eigenvalue weighted by Gasteiger charge is -2.19. The number of carbonyl (C=O) groups excluding carboxylic acids is 1. The molecule has 0 saturated carbocycles. The van der Waals surface area contributed by atoms with Crippen LogP contribution < -0.4 is 25.0 Å². The molecular weight excluding hydrogens is 446 g/mol. The Kier molecular flexibility index (Phi) is 6.78. The van der Waals surface area contributed by atoms with Crippen LogP contribution in [-0.4, -0.2) is 19.6 Å². The molecule has 0 aliphatic rings. The first-order chi connectivity index (χ1) is 16.7. The van der Waals surface area contributed by atoms with Crippen LogP contribution in [0.15, 0.2) is 82.2 Å². The summed E-state index contributed by atoms with van der Waals surface area (Å²) in [5, 5.41) is 3.09. The summed E-state index contributed by atoms with van der Waals surface area (Å²) in [4.78, 5) is 25.2. The van der Waals surface area contributed by atoms with E-state index in [0.29, 0.717) is 33.9 Å². The van der Waals surface area contributed by atoms with Crippen LogP contribution >= 0.6 is 0 Å². The second-order valence-electron chi connectivity index (χ2n) is 9.00. The van der Waals surface area contributed by atoms with Crippen molar-refractivity contribution in [1.82, 2.24) is 0 Å². The SMILES string of the molecule is COc1ccccc1NC(=O)COc1ccc2c(=O)c(Oc3ccc(C(C)(C)C)cc3)coc2c1. The van der Waals surface area contributed by atoms with Crippen molar-refractivity contribution < 1.29 is 23.4 Å². The molecule has 1 N–H and O–H groups in total. The van der Waals surface area contributed by atoms with E-state index in [-0.39, 0.29) is 29.1 Å². The molecule has 0 bridgehead atoms. The summed E-state index contributed by atoms with van der Waals surface area (Å²) >= 11 is 0. The van der Waals surface area contributed by atoms with Crippen LogP contribution in [-0.2, 0) is 10.2 Å². The first-order valence-electron chi connectivity index (χ1n) is 11.1. The van der Waals surface area contributed by atoms with E-state index >= 15 is 0 Å². The molecule has 3 aromatic carbocycles. The lowest BCUT2D eigenvalue weighted by atomic mass is 9.87. The van der Waals surface area contributed by atoms with Gasteiger partial charge < -0.3 is 23.9 Å². The fourth-order valence-corrected chi connectivity index (χ4v) is 3.48. The molecule has 1 heterocycles.